The minimum Gasteiger partial charge on any atom is -0.388 e. The van der Waals surface area contributed by atoms with Gasteiger partial charge in [0.25, 0.3) is 0 Å². The van der Waals surface area contributed by atoms with Crippen LogP contribution < -0.4 is 5.73 Å². The van der Waals surface area contributed by atoms with Crippen molar-refractivity contribution >= 4 is 34.9 Å². The Labute approximate surface area is 168 Å². The Bertz CT molecular complexity index is 656. The van der Waals surface area contributed by atoms with E-state index in [1.54, 1.807) is 0 Å². The molecule has 0 radical (unpaired) electrons. The molecule has 25 heavy (non-hydrogen) atoms. The molecular formula is C21H31IN2O. The van der Waals surface area contributed by atoms with Crippen molar-refractivity contribution in [2.75, 3.05) is 7.05 Å². The van der Waals surface area contributed by atoms with Crippen molar-refractivity contribution in [3.63, 3.8) is 0 Å². The molecule has 1 aromatic heterocycles. The molecule has 4 atom stereocenters. The standard InChI is InChI=1S/C20H25NO.CH5N.HI/c1-3-14(2)15-7-6-8-16(13-15)20(22)18-11-12-21-19-10-5-4-9-17(18)19;1-2;/h3-5,9-12,14-16,20,22H,1,6-8,13H2,2H3;2H2,1H3;1H/t14?,15?,16?,20-;;/m1../s1. The Balaban J connectivity index is 0.00000101. The second-order valence-corrected chi connectivity index (χ2v) is 6.64. The Hall–Kier alpha value is -0.980. The summed E-state index contributed by atoms with van der Waals surface area (Å²) in [5.74, 6) is 1.52. The van der Waals surface area contributed by atoms with Crippen molar-refractivity contribution < 1.29 is 5.11 Å². The average molecular weight is 454 g/mol. The zero-order valence-electron chi connectivity index (χ0n) is 15.3. The third-order valence-corrected chi connectivity index (χ3v) is 5.32. The second-order valence-electron chi connectivity index (χ2n) is 6.64. The molecule has 1 aliphatic carbocycles. The summed E-state index contributed by atoms with van der Waals surface area (Å²) in [6.07, 6.45) is 8.13. The van der Waals surface area contributed by atoms with Gasteiger partial charge in [-0.05, 0) is 61.8 Å². The van der Waals surface area contributed by atoms with E-state index in [1.807, 2.05) is 30.5 Å². The van der Waals surface area contributed by atoms with E-state index >= 15 is 0 Å². The van der Waals surface area contributed by atoms with Gasteiger partial charge in [0.05, 0.1) is 11.6 Å². The maximum Gasteiger partial charge on any atom is 0.0825 e. The van der Waals surface area contributed by atoms with Crippen LogP contribution in [-0.4, -0.2) is 17.1 Å². The fourth-order valence-electron chi connectivity index (χ4n) is 3.85. The third kappa shape index (κ3) is 5.25. The maximum absolute atomic E-state index is 11.0. The van der Waals surface area contributed by atoms with E-state index in [2.05, 4.69) is 36.4 Å². The first-order valence-corrected chi connectivity index (χ1v) is 8.92. The number of benzene rings is 1. The Kier molecular flexibility index (Phi) is 9.61. The molecule has 0 amide bonds. The fraction of sp³-hybridized carbons (Fsp3) is 0.476. The molecule has 1 saturated carbocycles. The average Bonchev–Trinajstić information content (AvgIpc) is 2.68. The van der Waals surface area contributed by atoms with Crippen molar-refractivity contribution in [1.82, 2.24) is 4.98 Å². The lowest BCUT2D eigenvalue weighted by Crippen LogP contribution is -2.24. The first-order chi connectivity index (χ1) is 11.7. The number of rotatable bonds is 4. The van der Waals surface area contributed by atoms with Gasteiger partial charge in [0.15, 0.2) is 0 Å². The molecule has 1 aliphatic rings. The highest BCUT2D eigenvalue weighted by Crippen LogP contribution is 2.41. The van der Waals surface area contributed by atoms with Crippen LogP contribution in [0.2, 0.25) is 0 Å². The van der Waals surface area contributed by atoms with Crippen molar-refractivity contribution in [1.29, 1.82) is 0 Å². The topological polar surface area (TPSA) is 59.1 Å². The number of aliphatic hydroxyl groups is 1. The van der Waals surface area contributed by atoms with Crippen LogP contribution in [0.15, 0.2) is 49.2 Å². The summed E-state index contributed by atoms with van der Waals surface area (Å²) in [4.78, 5) is 4.40. The highest BCUT2D eigenvalue weighted by molar-refractivity contribution is 14.0. The summed E-state index contributed by atoms with van der Waals surface area (Å²) in [7, 11) is 1.50. The SMILES string of the molecule is C=CC(C)C1CCCC([C@@H](O)c2ccnc3ccccc23)C1.CN.I. The predicted molar refractivity (Wildman–Crippen MR) is 117 cm³/mol. The number of aromatic nitrogens is 1. The van der Waals surface area contributed by atoms with Crippen molar-refractivity contribution in [3.8, 4) is 0 Å². The van der Waals surface area contributed by atoms with E-state index in [9.17, 15) is 5.11 Å². The molecule has 4 heteroatoms. The molecule has 1 fully saturated rings. The van der Waals surface area contributed by atoms with Gasteiger partial charge in [-0.25, -0.2) is 0 Å². The second kappa shape index (κ2) is 10.9. The third-order valence-electron chi connectivity index (χ3n) is 5.32. The van der Waals surface area contributed by atoms with Gasteiger partial charge >= 0.3 is 0 Å². The molecule has 0 bridgehead atoms. The normalized spacial score (nSPS) is 22.1. The van der Waals surface area contributed by atoms with E-state index < -0.39 is 6.10 Å². The Morgan fingerprint density at radius 3 is 2.60 bits per heavy atom. The van der Waals surface area contributed by atoms with Gasteiger partial charge in [-0.3, -0.25) is 4.98 Å². The molecule has 3 rings (SSSR count). The highest BCUT2D eigenvalue weighted by atomic mass is 127. The number of para-hydroxylation sites is 1. The molecule has 0 saturated heterocycles. The zero-order valence-corrected chi connectivity index (χ0v) is 17.6. The molecule has 0 spiro atoms. The summed E-state index contributed by atoms with van der Waals surface area (Å²) in [6, 6.07) is 10.1. The number of hydrogen-bond acceptors (Lipinski definition) is 3. The van der Waals surface area contributed by atoms with Crippen LogP contribution in [-0.2, 0) is 0 Å². The number of hydrogen-bond donors (Lipinski definition) is 2. The van der Waals surface area contributed by atoms with E-state index in [4.69, 9.17) is 0 Å². The van der Waals surface area contributed by atoms with E-state index in [1.165, 1.54) is 19.9 Å². The molecule has 1 aromatic carbocycles. The van der Waals surface area contributed by atoms with Gasteiger partial charge in [-0.1, -0.05) is 37.6 Å². The smallest absolute Gasteiger partial charge is 0.0825 e. The minimum atomic E-state index is -0.396. The molecule has 0 aliphatic heterocycles. The Morgan fingerprint density at radius 1 is 1.20 bits per heavy atom. The highest BCUT2D eigenvalue weighted by Gasteiger charge is 2.30. The number of pyridine rings is 1. The summed E-state index contributed by atoms with van der Waals surface area (Å²) < 4.78 is 0. The van der Waals surface area contributed by atoms with Crippen molar-refractivity contribution in [2.45, 2.75) is 38.7 Å². The largest absolute Gasteiger partial charge is 0.388 e. The van der Waals surface area contributed by atoms with Gasteiger partial charge < -0.3 is 10.8 Å². The molecular weight excluding hydrogens is 423 g/mol. The molecule has 3 N–H and O–H groups in total. The van der Waals surface area contributed by atoms with Crippen LogP contribution in [0.1, 0.15) is 44.3 Å². The van der Waals surface area contributed by atoms with Gasteiger partial charge in [-0.2, -0.15) is 0 Å². The molecule has 2 aromatic rings. The summed E-state index contributed by atoms with van der Waals surface area (Å²) >= 11 is 0. The summed E-state index contributed by atoms with van der Waals surface area (Å²) in [5.41, 5.74) is 6.49. The van der Waals surface area contributed by atoms with Crippen LogP contribution in [0.4, 0.5) is 0 Å². The summed E-state index contributed by atoms with van der Waals surface area (Å²) in [6.45, 7) is 6.18. The van der Waals surface area contributed by atoms with Crippen LogP contribution >= 0.6 is 24.0 Å². The number of nitrogens with zero attached hydrogens (tertiary/aromatic N) is 1. The first kappa shape index (κ1) is 22.1. The zero-order chi connectivity index (χ0) is 17.5. The number of halogens is 1. The number of allylic oxidation sites excluding steroid dienone is 1. The quantitative estimate of drug-likeness (QED) is 0.500. The van der Waals surface area contributed by atoms with E-state index in [0.29, 0.717) is 17.8 Å². The predicted octanol–water partition coefficient (Wildman–Crippen LogP) is 5.09. The number of fused-ring (bicyclic) bond motifs is 1. The van der Waals surface area contributed by atoms with Crippen LogP contribution in [0.5, 0.6) is 0 Å². The van der Waals surface area contributed by atoms with Crippen LogP contribution in [0, 0.1) is 17.8 Å². The molecule has 3 nitrogen and oxygen atoms in total. The summed E-state index contributed by atoms with van der Waals surface area (Å²) in [5, 5.41) is 12.0. The van der Waals surface area contributed by atoms with Gasteiger partial charge in [0, 0.05) is 11.6 Å². The lowest BCUT2D eigenvalue weighted by molar-refractivity contribution is 0.0630. The van der Waals surface area contributed by atoms with Gasteiger partial charge in [0.1, 0.15) is 0 Å². The van der Waals surface area contributed by atoms with E-state index in [0.717, 1.165) is 29.3 Å². The van der Waals surface area contributed by atoms with Crippen molar-refractivity contribution in [2.24, 2.45) is 23.5 Å². The molecule has 138 valence electrons. The van der Waals surface area contributed by atoms with Crippen LogP contribution in [0.25, 0.3) is 10.9 Å². The first-order valence-electron chi connectivity index (χ1n) is 8.92. The monoisotopic (exact) mass is 454 g/mol. The lowest BCUT2D eigenvalue weighted by Gasteiger charge is -2.34. The maximum atomic E-state index is 11.0. The molecule has 3 unspecified atom stereocenters. The van der Waals surface area contributed by atoms with Gasteiger partial charge in [0.2, 0.25) is 0 Å². The van der Waals surface area contributed by atoms with E-state index in [-0.39, 0.29) is 24.0 Å². The number of aliphatic hydroxyl groups excluding tert-OH is 1. The van der Waals surface area contributed by atoms with Crippen LogP contribution in [0.3, 0.4) is 0 Å². The molecule has 1 heterocycles. The Morgan fingerprint density at radius 2 is 1.88 bits per heavy atom. The minimum absolute atomic E-state index is 0. The van der Waals surface area contributed by atoms with Gasteiger partial charge in [-0.15, -0.1) is 30.6 Å². The number of nitrogens with two attached hydrogens (primary N) is 1. The fourth-order valence-corrected chi connectivity index (χ4v) is 3.85. The lowest BCUT2D eigenvalue weighted by atomic mass is 9.72. The van der Waals surface area contributed by atoms with Crippen molar-refractivity contribution in [3.05, 3.63) is 54.7 Å².